The van der Waals surface area contributed by atoms with Crippen molar-refractivity contribution in [1.29, 1.82) is 0 Å². The number of pyridine rings is 1. The van der Waals surface area contributed by atoms with Crippen molar-refractivity contribution in [3.8, 4) is 11.1 Å². The van der Waals surface area contributed by atoms with E-state index >= 15 is 0 Å². The maximum atomic E-state index is 12.5. The fraction of sp³-hybridized carbons (Fsp3) is 0.348. The van der Waals surface area contributed by atoms with Crippen molar-refractivity contribution in [1.82, 2.24) is 20.2 Å². The SMILES string of the molecule is O=C(Nc1cc(-c2ccc(CC(=O)N3CCNCC3)cc2)c2cc[nH]c2n1)C1CC1. The van der Waals surface area contributed by atoms with E-state index in [9.17, 15) is 9.59 Å². The first-order valence-corrected chi connectivity index (χ1v) is 10.5. The Morgan fingerprint density at radius 2 is 1.87 bits per heavy atom. The number of benzene rings is 1. The second-order valence-electron chi connectivity index (χ2n) is 8.06. The van der Waals surface area contributed by atoms with Crippen LogP contribution in [0.1, 0.15) is 18.4 Å². The zero-order valence-electron chi connectivity index (χ0n) is 16.8. The van der Waals surface area contributed by atoms with Crippen molar-refractivity contribution in [3.63, 3.8) is 0 Å². The second-order valence-corrected chi connectivity index (χ2v) is 8.06. The van der Waals surface area contributed by atoms with E-state index in [1.165, 1.54) is 0 Å². The largest absolute Gasteiger partial charge is 0.346 e. The van der Waals surface area contributed by atoms with Crippen LogP contribution in [-0.4, -0.2) is 52.9 Å². The van der Waals surface area contributed by atoms with Gasteiger partial charge in [0.05, 0.1) is 6.42 Å². The second kappa shape index (κ2) is 7.91. The van der Waals surface area contributed by atoms with Gasteiger partial charge in [-0.05, 0) is 41.7 Å². The molecule has 0 bridgehead atoms. The minimum Gasteiger partial charge on any atom is -0.346 e. The Balaban J connectivity index is 1.37. The summed E-state index contributed by atoms with van der Waals surface area (Å²) in [5.41, 5.74) is 3.79. The number of amides is 2. The van der Waals surface area contributed by atoms with Crippen molar-refractivity contribution in [2.75, 3.05) is 31.5 Å². The van der Waals surface area contributed by atoms with Crippen LogP contribution in [0, 0.1) is 5.92 Å². The number of aromatic amines is 1. The van der Waals surface area contributed by atoms with Crippen LogP contribution in [0.5, 0.6) is 0 Å². The Morgan fingerprint density at radius 3 is 2.60 bits per heavy atom. The van der Waals surface area contributed by atoms with Gasteiger partial charge in [-0.2, -0.15) is 0 Å². The van der Waals surface area contributed by atoms with Gasteiger partial charge in [-0.3, -0.25) is 9.59 Å². The van der Waals surface area contributed by atoms with Gasteiger partial charge in [0.15, 0.2) is 0 Å². The third kappa shape index (κ3) is 3.93. The zero-order chi connectivity index (χ0) is 20.5. The highest BCUT2D eigenvalue weighted by Gasteiger charge is 2.30. The van der Waals surface area contributed by atoms with Gasteiger partial charge in [-0.15, -0.1) is 0 Å². The molecule has 1 aliphatic heterocycles. The predicted molar refractivity (Wildman–Crippen MR) is 116 cm³/mol. The maximum absolute atomic E-state index is 12.5. The Bertz CT molecular complexity index is 1080. The highest BCUT2D eigenvalue weighted by atomic mass is 16.2. The summed E-state index contributed by atoms with van der Waals surface area (Å²) in [6.07, 6.45) is 4.18. The first-order valence-electron chi connectivity index (χ1n) is 10.5. The van der Waals surface area contributed by atoms with Crippen LogP contribution in [0.2, 0.25) is 0 Å². The van der Waals surface area contributed by atoms with Crippen molar-refractivity contribution in [3.05, 3.63) is 48.2 Å². The molecule has 1 saturated carbocycles. The Kier molecular flexibility index (Phi) is 4.96. The van der Waals surface area contributed by atoms with E-state index in [0.717, 1.165) is 66.7 Å². The number of fused-ring (bicyclic) bond motifs is 1. The highest BCUT2D eigenvalue weighted by Crippen LogP contribution is 2.33. The molecule has 0 unspecified atom stereocenters. The Morgan fingerprint density at radius 1 is 1.10 bits per heavy atom. The van der Waals surface area contributed by atoms with Crippen LogP contribution in [0.3, 0.4) is 0 Å². The van der Waals surface area contributed by atoms with Crippen LogP contribution >= 0.6 is 0 Å². The third-order valence-corrected chi connectivity index (χ3v) is 5.82. The van der Waals surface area contributed by atoms with Gasteiger partial charge in [0.25, 0.3) is 0 Å². The molecular weight excluding hydrogens is 378 g/mol. The quantitative estimate of drug-likeness (QED) is 0.611. The molecule has 3 N–H and O–H groups in total. The number of carbonyl (C=O) groups is 2. The van der Waals surface area contributed by atoms with Crippen LogP contribution in [0.4, 0.5) is 5.82 Å². The van der Waals surface area contributed by atoms with E-state index < -0.39 is 0 Å². The van der Waals surface area contributed by atoms with Gasteiger partial charge in [-0.1, -0.05) is 24.3 Å². The molecule has 7 heteroatoms. The number of H-pyrrole nitrogens is 1. The first-order chi connectivity index (χ1) is 14.7. The molecule has 2 aliphatic rings. The molecule has 3 heterocycles. The van der Waals surface area contributed by atoms with Crippen LogP contribution in [-0.2, 0) is 16.0 Å². The molecule has 7 nitrogen and oxygen atoms in total. The number of carbonyl (C=O) groups excluding carboxylic acids is 2. The predicted octanol–water partition coefficient (Wildman–Crippen LogP) is 2.55. The fourth-order valence-electron chi connectivity index (χ4n) is 3.92. The lowest BCUT2D eigenvalue weighted by molar-refractivity contribution is -0.131. The lowest BCUT2D eigenvalue weighted by atomic mass is 10.0. The molecule has 5 rings (SSSR count). The number of rotatable bonds is 5. The van der Waals surface area contributed by atoms with E-state index in [4.69, 9.17) is 0 Å². The van der Waals surface area contributed by atoms with E-state index in [1.54, 1.807) is 0 Å². The Hall–Kier alpha value is -3.19. The monoisotopic (exact) mass is 403 g/mol. The van der Waals surface area contributed by atoms with E-state index in [0.29, 0.717) is 12.2 Å². The molecule has 2 fully saturated rings. The number of piperazine rings is 1. The number of aromatic nitrogens is 2. The van der Waals surface area contributed by atoms with Crippen LogP contribution in [0.15, 0.2) is 42.6 Å². The van der Waals surface area contributed by atoms with Crippen LogP contribution in [0.25, 0.3) is 22.2 Å². The summed E-state index contributed by atoms with van der Waals surface area (Å²) in [7, 11) is 0. The smallest absolute Gasteiger partial charge is 0.228 e. The topological polar surface area (TPSA) is 90.1 Å². The summed E-state index contributed by atoms with van der Waals surface area (Å²) in [5, 5.41) is 7.22. The number of nitrogens with one attached hydrogen (secondary N) is 3. The highest BCUT2D eigenvalue weighted by molar-refractivity contribution is 5.99. The minimum absolute atomic E-state index is 0.0427. The molecule has 3 aromatic rings. The van der Waals surface area contributed by atoms with Crippen molar-refractivity contribution >= 4 is 28.7 Å². The van der Waals surface area contributed by atoms with Gasteiger partial charge in [0.1, 0.15) is 11.5 Å². The van der Waals surface area contributed by atoms with Crippen LogP contribution < -0.4 is 10.6 Å². The molecule has 0 radical (unpaired) electrons. The standard InChI is InChI=1S/C23H25N5O2/c29-21(28-11-9-24-10-12-28)13-15-1-3-16(4-2-15)19-14-20(27-23(30)17-5-6-17)26-22-18(19)7-8-25-22/h1-4,7-8,14,17,24H,5-6,9-13H2,(H2,25,26,27,30). The molecule has 2 amide bonds. The summed E-state index contributed by atoms with van der Waals surface area (Å²) >= 11 is 0. The average molecular weight is 403 g/mol. The summed E-state index contributed by atoms with van der Waals surface area (Å²) in [6, 6.07) is 12.0. The van der Waals surface area contributed by atoms with Crippen molar-refractivity contribution < 1.29 is 9.59 Å². The number of anilines is 1. The third-order valence-electron chi connectivity index (χ3n) is 5.82. The van der Waals surface area contributed by atoms with E-state index in [1.807, 2.05) is 47.5 Å². The van der Waals surface area contributed by atoms with Gasteiger partial charge in [-0.25, -0.2) is 4.98 Å². The van der Waals surface area contributed by atoms with Gasteiger partial charge >= 0.3 is 0 Å². The normalized spacial score (nSPS) is 16.6. The summed E-state index contributed by atoms with van der Waals surface area (Å²) < 4.78 is 0. The minimum atomic E-state index is 0.0427. The van der Waals surface area contributed by atoms with E-state index in [-0.39, 0.29) is 17.7 Å². The average Bonchev–Trinajstić information content (AvgIpc) is 3.52. The van der Waals surface area contributed by atoms with Crippen molar-refractivity contribution in [2.24, 2.45) is 5.92 Å². The molecule has 1 saturated heterocycles. The molecule has 0 atom stereocenters. The molecule has 2 aromatic heterocycles. The molecule has 1 aliphatic carbocycles. The lowest BCUT2D eigenvalue weighted by Crippen LogP contribution is -2.46. The van der Waals surface area contributed by atoms with Crippen molar-refractivity contribution in [2.45, 2.75) is 19.3 Å². The van der Waals surface area contributed by atoms with Gasteiger partial charge in [0.2, 0.25) is 11.8 Å². The number of hydrogen-bond donors (Lipinski definition) is 3. The molecule has 0 spiro atoms. The Labute approximate surface area is 174 Å². The number of hydrogen-bond acceptors (Lipinski definition) is 4. The van der Waals surface area contributed by atoms with Gasteiger partial charge in [0, 0.05) is 43.7 Å². The molecule has 30 heavy (non-hydrogen) atoms. The molecule has 154 valence electrons. The molecule has 1 aromatic carbocycles. The first kappa shape index (κ1) is 18.8. The maximum Gasteiger partial charge on any atom is 0.228 e. The lowest BCUT2D eigenvalue weighted by Gasteiger charge is -2.27. The zero-order valence-corrected chi connectivity index (χ0v) is 16.8. The summed E-state index contributed by atoms with van der Waals surface area (Å²) in [5.74, 6) is 0.907. The summed E-state index contributed by atoms with van der Waals surface area (Å²) in [4.78, 5) is 34.3. The molecular formula is C23H25N5O2. The summed E-state index contributed by atoms with van der Waals surface area (Å²) in [6.45, 7) is 3.27. The number of nitrogens with zero attached hydrogens (tertiary/aromatic N) is 2. The fourth-order valence-corrected chi connectivity index (χ4v) is 3.92. The van der Waals surface area contributed by atoms with E-state index in [2.05, 4.69) is 20.6 Å². The van der Waals surface area contributed by atoms with Gasteiger partial charge < -0.3 is 20.5 Å².